The van der Waals surface area contributed by atoms with Crippen molar-refractivity contribution in [3.8, 4) is 0 Å². The van der Waals surface area contributed by atoms with Crippen LogP contribution in [0.3, 0.4) is 0 Å². The van der Waals surface area contributed by atoms with E-state index in [0.717, 1.165) is 44.9 Å². The van der Waals surface area contributed by atoms with E-state index in [2.05, 4.69) is 50.3 Å². The van der Waals surface area contributed by atoms with Crippen molar-refractivity contribution in [1.82, 2.24) is 0 Å². The lowest BCUT2D eigenvalue weighted by atomic mass is 10.0. The highest BCUT2D eigenvalue weighted by Crippen LogP contribution is 2.43. The lowest BCUT2D eigenvalue weighted by Crippen LogP contribution is -2.29. The molecular formula is C81H156NO8P. The number of hydrogen-bond acceptors (Lipinski definition) is 8. The zero-order valence-corrected chi connectivity index (χ0v) is 61.8. The number of esters is 2. The van der Waals surface area contributed by atoms with Crippen LogP contribution in [0, 0.1) is 0 Å². The summed E-state index contributed by atoms with van der Waals surface area (Å²) in [4.78, 5) is 35.5. The fourth-order valence-corrected chi connectivity index (χ4v) is 13.3. The van der Waals surface area contributed by atoms with Crippen LogP contribution in [0.5, 0.6) is 0 Å². The number of phosphoric ester groups is 1. The molecule has 0 aliphatic carbocycles. The van der Waals surface area contributed by atoms with E-state index in [1.54, 1.807) is 0 Å². The van der Waals surface area contributed by atoms with Gasteiger partial charge in [-0.05, 0) is 51.4 Å². The molecule has 0 saturated carbocycles. The number of nitrogens with two attached hydrogens (primary N) is 1. The van der Waals surface area contributed by atoms with Crippen LogP contribution in [0.2, 0.25) is 0 Å². The summed E-state index contributed by atoms with van der Waals surface area (Å²) in [6.07, 6.45) is 98.7. The highest BCUT2D eigenvalue weighted by Gasteiger charge is 2.26. The molecule has 0 rings (SSSR count). The smallest absolute Gasteiger partial charge is 0.462 e. The van der Waals surface area contributed by atoms with Crippen molar-refractivity contribution in [3.63, 3.8) is 0 Å². The molecule has 538 valence electrons. The maximum atomic E-state index is 12.8. The molecule has 0 aromatic rings. The monoisotopic (exact) mass is 1300 g/mol. The first-order chi connectivity index (χ1) is 44.8. The maximum Gasteiger partial charge on any atom is 0.472 e. The molecule has 0 amide bonds. The van der Waals surface area contributed by atoms with Gasteiger partial charge in [0.2, 0.25) is 0 Å². The quantitative estimate of drug-likeness (QED) is 0.0264. The summed E-state index contributed by atoms with van der Waals surface area (Å²) in [6.45, 7) is 3.82. The molecule has 0 aromatic carbocycles. The lowest BCUT2D eigenvalue weighted by molar-refractivity contribution is -0.161. The van der Waals surface area contributed by atoms with E-state index in [0.29, 0.717) is 6.42 Å². The number of carbonyl (C=O) groups excluding carboxylic acids is 2. The third-order valence-electron chi connectivity index (χ3n) is 18.5. The van der Waals surface area contributed by atoms with Gasteiger partial charge in [-0.1, -0.05) is 410 Å². The molecule has 2 unspecified atom stereocenters. The van der Waals surface area contributed by atoms with Crippen LogP contribution in [0.1, 0.15) is 438 Å². The van der Waals surface area contributed by atoms with Crippen molar-refractivity contribution >= 4 is 19.8 Å². The zero-order chi connectivity index (χ0) is 65.8. The number of carbonyl (C=O) groups is 2. The summed E-state index contributed by atoms with van der Waals surface area (Å²) in [6, 6.07) is 0. The minimum Gasteiger partial charge on any atom is -0.462 e. The van der Waals surface area contributed by atoms with Crippen LogP contribution < -0.4 is 5.73 Å². The van der Waals surface area contributed by atoms with E-state index in [1.165, 1.54) is 360 Å². The Morgan fingerprint density at radius 2 is 0.571 bits per heavy atom. The molecule has 2 atom stereocenters. The van der Waals surface area contributed by atoms with Crippen molar-refractivity contribution in [2.75, 3.05) is 26.4 Å². The van der Waals surface area contributed by atoms with E-state index in [-0.39, 0.29) is 38.6 Å². The minimum absolute atomic E-state index is 0.0559. The molecule has 0 aliphatic heterocycles. The Morgan fingerprint density at radius 1 is 0.330 bits per heavy atom. The molecule has 0 heterocycles. The SMILES string of the molecule is CCCCCCC/C=C\C/C=C\C/C=C\CCCCCCCCCCCCCCCCCCC(=O)OC(COC(=O)CCCCCCCCCCCCCCCCCCCCCCCCCCCCCCCCCCCCCCCCC)COP(=O)(O)OCCN. The van der Waals surface area contributed by atoms with E-state index >= 15 is 0 Å². The second-order valence-corrected chi connectivity index (χ2v) is 29.1. The zero-order valence-electron chi connectivity index (χ0n) is 60.9. The molecule has 0 aliphatic rings. The minimum atomic E-state index is -4.39. The molecule has 0 saturated heterocycles. The second kappa shape index (κ2) is 77.2. The predicted molar refractivity (Wildman–Crippen MR) is 395 cm³/mol. The molecule has 0 bridgehead atoms. The summed E-state index contributed by atoms with van der Waals surface area (Å²) >= 11 is 0. The number of ether oxygens (including phenoxy) is 2. The van der Waals surface area contributed by atoms with Crippen LogP contribution >= 0.6 is 7.82 Å². The largest absolute Gasteiger partial charge is 0.472 e. The Balaban J connectivity index is 3.74. The normalized spacial score (nSPS) is 13.0. The molecule has 0 spiro atoms. The average molecular weight is 1300 g/mol. The van der Waals surface area contributed by atoms with Gasteiger partial charge in [0, 0.05) is 19.4 Å². The average Bonchev–Trinajstić information content (AvgIpc) is 3.71. The number of allylic oxidation sites excluding steroid dienone is 6. The molecular weight excluding hydrogens is 1150 g/mol. The fourth-order valence-electron chi connectivity index (χ4n) is 12.5. The van der Waals surface area contributed by atoms with Crippen molar-refractivity contribution in [3.05, 3.63) is 36.5 Å². The summed E-state index contributed by atoms with van der Waals surface area (Å²) in [5.74, 6) is -0.803. The van der Waals surface area contributed by atoms with Crippen molar-refractivity contribution in [2.45, 2.75) is 444 Å². The van der Waals surface area contributed by atoms with Gasteiger partial charge in [-0.15, -0.1) is 0 Å². The van der Waals surface area contributed by atoms with E-state index in [9.17, 15) is 19.0 Å². The second-order valence-electron chi connectivity index (χ2n) is 27.7. The number of hydrogen-bond donors (Lipinski definition) is 2. The predicted octanol–water partition coefficient (Wildman–Crippen LogP) is 27.0. The van der Waals surface area contributed by atoms with Gasteiger partial charge >= 0.3 is 19.8 Å². The van der Waals surface area contributed by atoms with E-state index in [4.69, 9.17) is 24.3 Å². The van der Waals surface area contributed by atoms with Crippen molar-refractivity contribution < 1.29 is 37.6 Å². The van der Waals surface area contributed by atoms with E-state index in [1.807, 2.05) is 0 Å². The van der Waals surface area contributed by atoms with Crippen molar-refractivity contribution in [1.29, 1.82) is 0 Å². The van der Waals surface area contributed by atoms with Crippen LogP contribution in [0.15, 0.2) is 36.5 Å². The molecule has 0 radical (unpaired) electrons. The summed E-state index contributed by atoms with van der Waals surface area (Å²) in [7, 11) is -4.39. The summed E-state index contributed by atoms with van der Waals surface area (Å²) in [5.41, 5.74) is 5.42. The number of phosphoric acid groups is 1. The van der Waals surface area contributed by atoms with Gasteiger partial charge in [0.25, 0.3) is 0 Å². The molecule has 9 nitrogen and oxygen atoms in total. The van der Waals surface area contributed by atoms with Gasteiger partial charge in [0.05, 0.1) is 13.2 Å². The van der Waals surface area contributed by atoms with Gasteiger partial charge in [0.1, 0.15) is 6.61 Å². The third kappa shape index (κ3) is 77.1. The molecule has 91 heavy (non-hydrogen) atoms. The van der Waals surface area contributed by atoms with Crippen LogP contribution in [-0.2, 0) is 32.7 Å². The highest BCUT2D eigenvalue weighted by molar-refractivity contribution is 7.47. The Bertz CT molecular complexity index is 1590. The Hall–Kier alpha value is -1.77. The first-order valence-corrected chi connectivity index (χ1v) is 42.0. The fraction of sp³-hybridized carbons (Fsp3) is 0.901. The number of rotatable bonds is 78. The van der Waals surface area contributed by atoms with Gasteiger partial charge in [-0.25, -0.2) is 4.57 Å². The third-order valence-corrected chi connectivity index (χ3v) is 19.5. The van der Waals surface area contributed by atoms with E-state index < -0.39 is 26.5 Å². The molecule has 10 heteroatoms. The molecule has 0 aromatic heterocycles. The molecule has 3 N–H and O–H groups in total. The summed E-state index contributed by atoms with van der Waals surface area (Å²) in [5, 5.41) is 0. The van der Waals surface area contributed by atoms with Crippen LogP contribution in [0.4, 0.5) is 0 Å². The Labute approximate surface area is 566 Å². The standard InChI is InChI=1S/C81H156NO8P/c1-3-5-7-9-11-13-15-17-19-21-23-25-27-29-31-33-35-36-37-38-39-40-41-42-44-45-47-49-51-53-55-57-59-61-63-65-67-69-71-73-80(83)87-77-79(78-89-91(85,86)88-76-75-82)90-81(84)74-72-70-68-66-64-62-60-58-56-54-52-50-48-46-43-34-32-30-28-26-24-22-20-18-16-14-12-10-8-6-4-2/h16,18,22,24,28,30,79H,3-15,17,19-21,23,25-27,29,31-78,82H2,1-2H3,(H,85,86)/b18-16-,24-22-,30-28-. The van der Waals surface area contributed by atoms with Gasteiger partial charge in [-0.3, -0.25) is 18.6 Å². The van der Waals surface area contributed by atoms with Gasteiger partial charge in [-0.2, -0.15) is 0 Å². The van der Waals surface area contributed by atoms with Crippen LogP contribution in [0.25, 0.3) is 0 Å². The first kappa shape index (κ1) is 89.2. The Kier molecular flexibility index (Phi) is 75.7. The van der Waals surface area contributed by atoms with Gasteiger partial charge < -0.3 is 20.1 Å². The van der Waals surface area contributed by atoms with Crippen molar-refractivity contribution in [2.24, 2.45) is 5.73 Å². The van der Waals surface area contributed by atoms with Crippen LogP contribution in [-0.4, -0.2) is 49.3 Å². The van der Waals surface area contributed by atoms with Gasteiger partial charge in [0.15, 0.2) is 6.10 Å². The first-order valence-electron chi connectivity index (χ1n) is 40.5. The Morgan fingerprint density at radius 3 is 0.846 bits per heavy atom. The summed E-state index contributed by atoms with van der Waals surface area (Å²) < 4.78 is 33.3. The number of unbranched alkanes of at least 4 members (excludes halogenated alkanes) is 59. The topological polar surface area (TPSA) is 134 Å². The maximum absolute atomic E-state index is 12.8. The lowest BCUT2D eigenvalue weighted by Gasteiger charge is -2.19. The molecule has 0 fully saturated rings. The highest BCUT2D eigenvalue weighted by atomic mass is 31.2.